The monoisotopic (exact) mass is 193 g/mol. The van der Waals surface area contributed by atoms with E-state index in [2.05, 4.69) is 19.2 Å². The molecule has 1 aromatic rings. The van der Waals surface area contributed by atoms with Gasteiger partial charge in [0.05, 0.1) is 0 Å². The van der Waals surface area contributed by atoms with Gasteiger partial charge in [0.2, 0.25) is 0 Å². The van der Waals surface area contributed by atoms with Gasteiger partial charge in [-0.15, -0.1) is 0 Å². The van der Waals surface area contributed by atoms with Crippen LogP contribution in [0.25, 0.3) is 0 Å². The number of rotatable bonds is 5. The zero-order valence-electron chi connectivity index (χ0n) is 9.01. The molecule has 0 saturated heterocycles. The van der Waals surface area contributed by atoms with Crippen molar-refractivity contribution < 1.29 is 5.11 Å². The molecular formula is C12H19NO. The summed E-state index contributed by atoms with van der Waals surface area (Å²) < 4.78 is 0. The van der Waals surface area contributed by atoms with Crippen molar-refractivity contribution in [3.8, 4) is 5.75 Å². The van der Waals surface area contributed by atoms with E-state index in [-0.39, 0.29) is 0 Å². The smallest absolute Gasteiger partial charge is 0.118 e. The van der Waals surface area contributed by atoms with Crippen LogP contribution in [-0.4, -0.2) is 11.7 Å². The van der Waals surface area contributed by atoms with Crippen LogP contribution in [0.15, 0.2) is 18.2 Å². The molecule has 1 rings (SSSR count). The molecule has 2 N–H and O–H groups in total. The molecule has 0 aliphatic heterocycles. The van der Waals surface area contributed by atoms with Crippen LogP contribution in [0, 0.1) is 0 Å². The molecule has 0 aromatic heterocycles. The van der Waals surface area contributed by atoms with E-state index in [0.29, 0.717) is 5.75 Å². The topological polar surface area (TPSA) is 32.3 Å². The normalized spacial score (nSPS) is 10.1. The summed E-state index contributed by atoms with van der Waals surface area (Å²) in [6.07, 6.45) is 3.25. The second-order valence-corrected chi connectivity index (χ2v) is 3.48. The lowest BCUT2D eigenvalue weighted by Crippen LogP contribution is -1.97. The highest BCUT2D eigenvalue weighted by Gasteiger charge is 2.01. The van der Waals surface area contributed by atoms with Crippen molar-refractivity contribution in [3.05, 3.63) is 23.8 Å². The number of hydrogen-bond acceptors (Lipinski definition) is 2. The number of benzene rings is 1. The second-order valence-electron chi connectivity index (χ2n) is 3.48. The van der Waals surface area contributed by atoms with Gasteiger partial charge in [-0.3, -0.25) is 0 Å². The zero-order chi connectivity index (χ0) is 10.4. The summed E-state index contributed by atoms with van der Waals surface area (Å²) in [5, 5.41) is 12.8. The van der Waals surface area contributed by atoms with Gasteiger partial charge in [-0.2, -0.15) is 0 Å². The van der Waals surface area contributed by atoms with E-state index < -0.39 is 0 Å². The predicted molar refractivity (Wildman–Crippen MR) is 60.9 cm³/mol. The highest BCUT2D eigenvalue weighted by Crippen LogP contribution is 2.22. The molecule has 2 nitrogen and oxygen atoms in total. The van der Waals surface area contributed by atoms with Crippen molar-refractivity contribution in [2.45, 2.75) is 33.1 Å². The Balaban J connectivity index is 2.74. The van der Waals surface area contributed by atoms with E-state index >= 15 is 0 Å². The lowest BCUT2D eigenvalue weighted by Gasteiger charge is -2.08. The molecule has 14 heavy (non-hydrogen) atoms. The Morgan fingerprint density at radius 3 is 2.71 bits per heavy atom. The molecule has 0 spiro atoms. The molecule has 0 aliphatic rings. The number of aryl methyl sites for hydroxylation is 1. The van der Waals surface area contributed by atoms with E-state index in [1.54, 1.807) is 6.07 Å². The van der Waals surface area contributed by atoms with Gasteiger partial charge in [-0.1, -0.05) is 13.3 Å². The van der Waals surface area contributed by atoms with Crippen LogP contribution in [0.3, 0.4) is 0 Å². The lowest BCUT2D eigenvalue weighted by atomic mass is 10.1. The molecule has 0 unspecified atom stereocenters. The van der Waals surface area contributed by atoms with Crippen molar-refractivity contribution >= 4 is 5.69 Å². The number of phenols is 1. The minimum absolute atomic E-state index is 0.417. The predicted octanol–water partition coefficient (Wildman–Crippen LogP) is 3.17. The molecule has 2 heteroatoms. The molecule has 0 amide bonds. The minimum atomic E-state index is 0.417. The fraction of sp³-hybridized carbons (Fsp3) is 0.500. The Kier molecular flexibility index (Phi) is 4.30. The molecule has 0 aliphatic carbocycles. The van der Waals surface area contributed by atoms with E-state index in [4.69, 9.17) is 0 Å². The molecule has 0 heterocycles. The molecule has 0 radical (unpaired) electrons. The van der Waals surface area contributed by atoms with E-state index in [9.17, 15) is 5.11 Å². The third-order valence-electron chi connectivity index (χ3n) is 2.26. The van der Waals surface area contributed by atoms with Gasteiger partial charge < -0.3 is 10.4 Å². The van der Waals surface area contributed by atoms with E-state index in [1.807, 2.05) is 12.1 Å². The summed E-state index contributed by atoms with van der Waals surface area (Å²) in [5.74, 6) is 0.417. The van der Waals surface area contributed by atoms with Gasteiger partial charge in [0.25, 0.3) is 0 Å². The van der Waals surface area contributed by atoms with Crippen molar-refractivity contribution in [2.24, 2.45) is 0 Å². The highest BCUT2D eigenvalue weighted by atomic mass is 16.3. The molecule has 78 valence electrons. The van der Waals surface area contributed by atoms with Crippen LogP contribution < -0.4 is 5.32 Å². The van der Waals surface area contributed by atoms with E-state index in [0.717, 1.165) is 37.1 Å². The number of unbranched alkanes of at least 4 members (excludes halogenated alkanes) is 1. The number of hydrogen-bond donors (Lipinski definition) is 2. The molecule has 0 saturated carbocycles. The average Bonchev–Trinajstić information content (AvgIpc) is 2.19. The average molecular weight is 193 g/mol. The summed E-state index contributed by atoms with van der Waals surface area (Å²) in [6.45, 7) is 5.14. The van der Waals surface area contributed by atoms with E-state index in [1.165, 1.54) is 0 Å². The summed E-state index contributed by atoms with van der Waals surface area (Å²) in [5.41, 5.74) is 2.14. The van der Waals surface area contributed by atoms with Crippen molar-refractivity contribution in [2.75, 3.05) is 11.9 Å². The fourth-order valence-corrected chi connectivity index (χ4v) is 1.47. The fourth-order valence-electron chi connectivity index (χ4n) is 1.47. The Bertz CT molecular complexity index is 284. The molecule has 0 fully saturated rings. The molecule has 0 bridgehead atoms. The van der Waals surface area contributed by atoms with Crippen LogP contribution in [0.5, 0.6) is 5.75 Å². The summed E-state index contributed by atoms with van der Waals surface area (Å²) in [4.78, 5) is 0. The molecular weight excluding hydrogens is 174 g/mol. The maximum Gasteiger partial charge on any atom is 0.118 e. The Labute approximate surface area is 86.0 Å². The SMILES string of the molecule is CCCCc1cc(NCC)ccc1O. The standard InChI is InChI=1S/C12H19NO/c1-3-5-6-10-9-11(13-4-2)7-8-12(10)14/h7-9,13-14H,3-6H2,1-2H3. The first-order valence-corrected chi connectivity index (χ1v) is 5.33. The molecule has 0 atom stereocenters. The minimum Gasteiger partial charge on any atom is -0.508 e. The van der Waals surface area contributed by atoms with Gasteiger partial charge in [0.1, 0.15) is 5.75 Å². The van der Waals surface area contributed by atoms with Crippen LogP contribution >= 0.6 is 0 Å². The summed E-state index contributed by atoms with van der Waals surface area (Å²) in [6, 6.07) is 5.71. The third kappa shape index (κ3) is 2.95. The van der Waals surface area contributed by atoms with Crippen LogP contribution in [0.2, 0.25) is 0 Å². The lowest BCUT2D eigenvalue weighted by molar-refractivity contribution is 0.467. The first-order chi connectivity index (χ1) is 6.77. The largest absolute Gasteiger partial charge is 0.508 e. The van der Waals surface area contributed by atoms with Crippen LogP contribution in [0.4, 0.5) is 5.69 Å². The number of phenolic OH excluding ortho intramolecular Hbond substituents is 1. The first kappa shape index (κ1) is 10.9. The number of anilines is 1. The van der Waals surface area contributed by atoms with Crippen molar-refractivity contribution in [1.82, 2.24) is 0 Å². The maximum absolute atomic E-state index is 9.60. The van der Waals surface area contributed by atoms with Crippen LogP contribution in [0.1, 0.15) is 32.3 Å². The number of nitrogens with one attached hydrogen (secondary N) is 1. The summed E-state index contributed by atoms with van der Waals surface area (Å²) >= 11 is 0. The van der Waals surface area contributed by atoms with Crippen molar-refractivity contribution in [3.63, 3.8) is 0 Å². The Morgan fingerprint density at radius 2 is 2.07 bits per heavy atom. The highest BCUT2D eigenvalue weighted by molar-refractivity contribution is 5.50. The summed E-state index contributed by atoms with van der Waals surface area (Å²) in [7, 11) is 0. The van der Waals surface area contributed by atoms with Gasteiger partial charge in [0, 0.05) is 12.2 Å². The number of aromatic hydroxyl groups is 1. The first-order valence-electron chi connectivity index (χ1n) is 5.33. The third-order valence-corrected chi connectivity index (χ3v) is 2.26. The van der Waals surface area contributed by atoms with Crippen LogP contribution in [-0.2, 0) is 6.42 Å². The van der Waals surface area contributed by atoms with Gasteiger partial charge >= 0.3 is 0 Å². The van der Waals surface area contributed by atoms with Gasteiger partial charge in [0.15, 0.2) is 0 Å². The zero-order valence-corrected chi connectivity index (χ0v) is 9.01. The van der Waals surface area contributed by atoms with Gasteiger partial charge in [-0.05, 0) is 43.5 Å². The van der Waals surface area contributed by atoms with Gasteiger partial charge in [-0.25, -0.2) is 0 Å². The Hall–Kier alpha value is -1.18. The van der Waals surface area contributed by atoms with Crippen molar-refractivity contribution in [1.29, 1.82) is 0 Å². The molecule has 1 aromatic carbocycles. The maximum atomic E-state index is 9.60. The Morgan fingerprint density at radius 1 is 1.29 bits per heavy atom. The second kappa shape index (κ2) is 5.53. The quantitative estimate of drug-likeness (QED) is 0.704.